The molecule has 0 N–H and O–H groups in total. The monoisotopic (exact) mass is 458 g/mol. The van der Waals surface area contributed by atoms with Crippen molar-refractivity contribution >= 4 is 6.08 Å². The molecule has 0 atom stereocenters. The van der Waals surface area contributed by atoms with Crippen LogP contribution in [0.1, 0.15) is 67.2 Å². The Morgan fingerprint density at radius 1 is 0.862 bits per heavy atom. The number of hydrogen-bond donors (Lipinski definition) is 0. The molecule has 0 nitrogen and oxygen atoms in total. The Morgan fingerprint density at radius 2 is 1.48 bits per heavy atom. The fraction of sp³-hybridized carbons (Fsp3) is 0.500. The molecule has 0 aliphatic heterocycles. The molecule has 0 unspecified atom stereocenters. The first-order chi connectivity index (χ1) is 13.6. The Labute approximate surface area is 195 Å². The van der Waals surface area contributed by atoms with Crippen molar-refractivity contribution in [2.45, 2.75) is 65.2 Å². The topological polar surface area (TPSA) is 0 Å². The van der Waals surface area contributed by atoms with Crippen LogP contribution in [0.15, 0.2) is 42.0 Å². The van der Waals surface area contributed by atoms with Gasteiger partial charge in [0, 0.05) is 26.2 Å². The molecule has 1 heteroatoms. The van der Waals surface area contributed by atoms with Gasteiger partial charge < -0.3 is 0 Å². The van der Waals surface area contributed by atoms with E-state index in [-0.39, 0.29) is 26.2 Å². The summed E-state index contributed by atoms with van der Waals surface area (Å²) < 4.78 is 0. The SMILES string of the molecule is Cc1cc(C)cc(-c2cccc3c2C=C(CC24CC5CC(CC(C5)C2)C4)C3)c1.[Zr]. The molecule has 0 aromatic heterocycles. The Bertz CT molecular complexity index is 924. The fourth-order valence-electron chi connectivity index (χ4n) is 7.92. The molecule has 4 fully saturated rings. The van der Waals surface area contributed by atoms with Gasteiger partial charge in [-0.2, -0.15) is 0 Å². The standard InChI is InChI=1S/C28H32.Zr/c1-18-6-19(2)8-25(7-18)26-5-3-4-24-12-23(13-27(24)26)17-28-14-20-9-21(15-28)11-22(10-20)16-28;/h3-8,13,20-22H,9-12,14-17H2,1-2H3;. The first-order valence-electron chi connectivity index (χ1n) is 11.5. The average Bonchev–Trinajstić information content (AvgIpc) is 3.01. The summed E-state index contributed by atoms with van der Waals surface area (Å²) in [4.78, 5) is 0. The zero-order valence-electron chi connectivity index (χ0n) is 17.9. The van der Waals surface area contributed by atoms with Crippen LogP contribution in [-0.4, -0.2) is 0 Å². The van der Waals surface area contributed by atoms with Gasteiger partial charge in [-0.25, -0.2) is 0 Å². The van der Waals surface area contributed by atoms with Crippen LogP contribution in [0.3, 0.4) is 0 Å². The fourth-order valence-corrected chi connectivity index (χ4v) is 7.92. The van der Waals surface area contributed by atoms with Crippen molar-refractivity contribution in [3.63, 3.8) is 0 Å². The van der Waals surface area contributed by atoms with E-state index in [1.807, 2.05) is 0 Å². The summed E-state index contributed by atoms with van der Waals surface area (Å²) in [5.41, 5.74) is 11.0. The number of fused-ring (bicyclic) bond motifs is 1. The van der Waals surface area contributed by atoms with Crippen molar-refractivity contribution in [2.75, 3.05) is 0 Å². The maximum atomic E-state index is 2.58. The third kappa shape index (κ3) is 3.56. The summed E-state index contributed by atoms with van der Waals surface area (Å²) in [7, 11) is 0. The number of aryl methyl sites for hydroxylation is 2. The van der Waals surface area contributed by atoms with E-state index < -0.39 is 0 Å². The number of rotatable bonds is 3. The van der Waals surface area contributed by atoms with E-state index in [1.165, 1.54) is 59.9 Å². The van der Waals surface area contributed by atoms with Gasteiger partial charge in [0.25, 0.3) is 0 Å². The Morgan fingerprint density at radius 3 is 2.10 bits per heavy atom. The summed E-state index contributed by atoms with van der Waals surface area (Å²) in [6.45, 7) is 4.43. The van der Waals surface area contributed by atoms with Crippen LogP contribution < -0.4 is 0 Å². The van der Waals surface area contributed by atoms with Crippen LogP contribution in [0, 0.1) is 37.0 Å². The molecule has 2 aromatic rings. The van der Waals surface area contributed by atoms with Gasteiger partial charge in [-0.15, -0.1) is 0 Å². The van der Waals surface area contributed by atoms with Crippen LogP contribution >= 0.6 is 0 Å². The maximum absolute atomic E-state index is 2.58. The summed E-state index contributed by atoms with van der Waals surface area (Å²) in [5, 5.41) is 0. The Balaban J connectivity index is 0.00000181. The molecule has 2 aromatic carbocycles. The van der Waals surface area contributed by atoms with Gasteiger partial charge in [0.15, 0.2) is 0 Å². The van der Waals surface area contributed by atoms with Crippen LogP contribution in [0.5, 0.6) is 0 Å². The molecular formula is C28H32Zr. The third-order valence-electron chi connectivity index (χ3n) is 8.26. The summed E-state index contributed by atoms with van der Waals surface area (Å²) in [6.07, 6.45) is 14.4. The van der Waals surface area contributed by atoms with Crippen molar-refractivity contribution in [3.05, 3.63) is 64.2 Å². The molecule has 7 rings (SSSR count). The Kier molecular flexibility index (Phi) is 5.06. The molecule has 148 valence electrons. The molecule has 0 amide bonds. The minimum absolute atomic E-state index is 0. The van der Waals surface area contributed by atoms with Gasteiger partial charge in [0.1, 0.15) is 0 Å². The molecule has 0 heterocycles. The molecule has 5 aliphatic carbocycles. The van der Waals surface area contributed by atoms with E-state index in [2.05, 4.69) is 56.3 Å². The second-order valence-corrected chi connectivity index (χ2v) is 10.8. The van der Waals surface area contributed by atoms with Gasteiger partial charge in [0.2, 0.25) is 0 Å². The van der Waals surface area contributed by atoms with E-state index in [1.54, 1.807) is 30.4 Å². The first kappa shape index (κ1) is 20.0. The largest absolute Gasteiger partial charge is 0.0646 e. The van der Waals surface area contributed by atoms with E-state index in [9.17, 15) is 0 Å². The van der Waals surface area contributed by atoms with Crippen molar-refractivity contribution in [2.24, 2.45) is 23.2 Å². The average molecular weight is 460 g/mol. The second-order valence-electron chi connectivity index (χ2n) is 10.8. The summed E-state index contributed by atoms with van der Waals surface area (Å²) in [5.74, 6) is 3.17. The van der Waals surface area contributed by atoms with Crippen LogP contribution in [0.4, 0.5) is 0 Å². The van der Waals surface area contributed by atoms with E-state index >= 15 is 0 Å². The van der Waals surface area contributed by atoms with Gasteiger partial charge >= 0.3 is 0 Å². The minimum atomic E-state index is 0. The van der Waals surface area contributed by atoms with Crippen molar-refractivity contribution < 1.29 is 26.2 Å². The maximum Gasteiger partial charge on any atom is 0 e. The van der Waals surface area contributed by atoms with Gasteiger partial charge in [-0.1, -0.05) is 59.2 Å². The molecular weight excluding hydrogens is 428 g/mol. The predicted octanol–water partition coefficient (Wildman–Crippen LogP) is 7.51. The molecule has 4 saturated carbocycles. The normalized spacial score (nSPS) is 31.4. The molecule has 5 aliphatic rings. The van der Waals surface area contributed by atoms with Crippen molar-refractivity contribution in [1.82, 2.24) is 0 Å². The van der Waals surface area contributed by atoms with Crippen molar-refractivity contribution in [1.29, 1.82) is 0 Å². The third-order valence-corrected chi connectivity index (χ3v) is 8.26. The Hall–Kier alpha value is -0.937. The van der Waals surface area contributed by atoms with Crippen LogP contribution in [0.2, 0.25) is 0 Å². The van der Waals surface area contributed by atoms with E-state index in [4.69, 9.17) is 0 Å². The second kappa shape index (κ2) is 7.33. The molecule has 0 saturated heterocycles. The van der Waals surface area contributed by atoms with E-state index in [0.717, 1.165) is 17.8 Å². The van der Waals surface area contributed by atoms with Gasteiger partial charge in [0.05, 0.1) is 0 Å². The zero-order valence-corrected chi connectivity index (χ0v) is 20.4. The number of hydrogen-bond acceptors (Lipinski definition) is 0. The van der Waals surface area contributed by atoms with Gasteiger partial charge in [-0.05, 0) is 111 Å². The predicted molar refractivity (Wildman–Crippen MR) is 118 cm³/mol. The number of allylic oxidation sites excluding steroid dienone is 1. The van der Waals surface area contributed by atoms with Crippen molar-refractivity contribution in [3.8, 4) is 11.1 Å². The van der Waals surface area contributed by atoms with Crippen LogP contribution in [-0.2, 0) is 32.6 Å². The quantitative estimate of drug-likeness (QED) is 0.445. The van der Waals surface area contributed by atoms with E-state index in [0.29, 0.717) is 5.41 Å². The molecule has 4 bridgehead atoms. The summed E-state index contributed by atoms with van der Waals surface area (Å²) in [6, 6.07) is 14.0. The smallest absolute Gasteiger partial charge is 0 e. The zero-order chi connectivity index (χ0) is 18.9. The van der Waals surface area contributed by atoms with Crippen LogP contribution in [0.25, 0.3) is 17.2 Å². The number of benzene rings is 2. The molecule has 29 heavy (non-hydrogen) atoms. The molecule has 0 spiro atoms. The van der Waals surface area contributed by atoms with Gasteiger partial charge in [-0.3, -0.25) is 0 Å². The molecule has 0 radical (unpaired) electrons. The first-order valence-corrected chi connectivity index (χ1v) is 11.5. The minimum Gasteiger partial charge on any atom is -0.0646 e. The summed E-state index contributed by atoms with van der Waals surface area (Å²) >= 11 is 0.